The fourth-order valence-corrected chi connectivity index (χ4v) is 2.86. The normalized spacial score (nSPS) is 17.8. The molecule has 0 bridgehead atoms. The topological polar surface area (TPSA) is 21.3 Å². The van der Waals surface area contributed by atoms with Gasteiger partial charge in [0.1, 0.15) is 5.82 Å². The van der Waals surface area contributed by atoms with E-state index in [1.807, 2.05) is 19.2 Å². The second kappa shape index (κ2) is 5.73. The van der Waals surface area contributed by atoms with Crippen molar-refractivity contribution in [2.45, 2.75) is 12.5 Å². The second-order valence-electron chi connectivity index (χ2n) is 5.15. The minimum absolute atomic E-state index is 0.206. The molecule has 0 fully saturated rings. The van der Waals surface area contributed by atoms with Gasteiger partial charge in [-0.25, -0.2) is 4.39 Å². The average Bonchev–Trinajstić information content (AvgIpc) is 2.48. The van der Waals surface area contributed by atoms with Crippen LogP contribution < -0.4 is 5.32 Å². The Morgan fingerprint density at radius 2 is 2.00 bits per heavy atom. The third kappa shape index (κ3) is 2.47. The van der Waals surface area contributed by atoms with Gasteiger partial charge in [-0.2, -0.15) is 0 Å². The Morgan fingerprint density at radius 1 is 1.20 bits per heavy atom. The Labute approximate surface area is 118 Å². The van der Waals surface area contributed by atoms with Crippen LogP contribution in [-0.2, 0) is 11.3 Å². The first-order chi connectivity index (χ1) is 9.79. The number of nitrogens with one attached hydrogen (secondary N) is 1. The summed E-state index contributed by atoms with van der Waals surface area (Å²) in [6.07, 6.45) is 0. The van der Waals surface area contributed by atoms with Crippen LogP contribution in [-0.4, -0.2) is 20.2 Å². The molecule has 2 aromatic carbocycles. The molecule has 20 heavy (non-hydrogen) atoms. The second-order valence-corrected chi connectivity index (χ2v) is 5.15. The first kappa shape index (κ1) is 13.3. The molecule has 0 aromatic heterocycles. The Morgan fingerprint density at radius 3 is 2.75 bits per heavy atom. The van der Waals surface area contributed by atoms with Crippen molar-refractivity contribution < 1.29 is 9.13 Å². The number of benzene rings is 2. The summed E-state index contributed by atoms with van der Waals surface area (Å²) in [5.41, 5.74) is 4.75. The van der Waals surface area contributed by atoms with Crippen molar-refractivity contribution in [1.82, 2.24) is 5.32 Å². The molecule has 0 saturated heterocycles. The van der Waals surface area contributed by atoms with Gasteiger partial charge in [-0.15, -0.1) is 0 Å². The van der Waals surface area contributed by atoms with Gasteiger partial charge in [0, 0.05) is 12.5 Å². The van der Waals surface area contributed by atoms with Crippen molar-refractivity contribution in [1.29, 1.82) is 0 Å². The Kier molecular flexibility index (Phi) is 3.81. The fraction of sp³-hybridized carbons (Fsp3) is 0.294. The van der Waals surface area contributed by atoms with Crippen LogP contribution in [0.25, 0.3) is 11.1 Å². The summed E-state index contributed by atoms with van der Waals surface area (Å²) >= 11 is 0. The lowest BCUT2D eigenvalue weighted by Crippen LogP contribution is -2.26. The quantitative estimate of drug-likeness (QED) is 0.924. The molecule has 1 heterocycles. The van der Waals surface area contributed by atoms with Gasteiger partial charge >= 0.3 is 0 Å². The molecule has 104 valence electrons. The summed E-state index contributed by atoms with van der Waals surface area (Å²) in [5.74, 6) is 0.173. The van der Waals surface area contributed by atoms with Gasteiger partial charge < -0.3 is 10.1 Å². The predicted molar refractivity (Wildman–Crippen MR) is 78.2 cm³/mol. The van der Waals surface area contributed by atoms with E-state index >= 15 is 0 Å². The molecule has 3 heteroatoms. The first-order valence-corrected chi connectivity index (χ1v) is 6.89. The lowest BCUT2D eigenvalue weighted by Gasteiger charge is -2.27. The summed E-state index contributed by atoms with van der Waals surface area (Å²) in [7, 11) is 1.96. The molecule has 0 saturated carbocycles. The highest BCUT2D eigenvalue weighted by Gasteiger charge is 2.22. The zero-order valence-corrected chi connectivity index (χ0v) is 11.5. The highest BCUT2D eigenvalue weighted by Crippen LogP contribution is 2.34. The van der Waals surface area contributed by atoms with Gasteiger partial charge in [0.2, 0.25) is 0 Å². The van der Waals surface area contributed by atoms with Crippen LogP contribution in [0.1, 0.15) is 17.0 Å². The third-order valence-corrected chi connectivity index (χ3v) is 3.82. The summed E-state index contributed by atoms with van der Waals surface area (Å²) < 4.78 is 18.8. The molecular weight excluding hydrogens is 253 g/mol. The number of hydrogen-bond acceptors (Lipinski definition) is 2. The van der Waals surface area contributed by atoms with Gasteiger partial charge in [-0.3, -0.25) is 0 Å². The minimum atomic E-state index is -0.206. The van der Waals surface area contributed by atoms with Crippen molar-refractivity contribution in [3.05, 3.63) is 59.4 Å². The molecule has 1 atom stereocenters. The van der Waals surface area contributed by atoms with E-state index in [9.17, 15) is 4.39 Å². The maximum atomic E-state index is 13.1. The Hall–Kier alpha value is -1.71. The van der Waals surface area contributed by atoms with E-state index in [1.165, 1.54) is 23.3 Å². The van der Waals surface area contributed by atoms with Gasteiger partial charge in [-0.1, -0.05) is 30.3 Å². The zero-order valence-electron chi connectivity index (χ0n) is 11.5. The molecule has 2 nitrogen and oxygen atoms in total. The Bertz CT molecular complexity index is 594. The number of rotatable bonds is 3. The maximum Gasteiger partial charge on any atom is 0.123 e. The summed E-state index contributed by atoms with van der Waals surface area (Å²) in [6.45, 7) is 2.28. The average molecular weight is 271 g/mol. The Balaban J connectivity index is 2.05. The van der Waals surface area contributed by atoms with Crippen LogP contribution in [0.5, 0.6) is 0 Å². The van der Waals surface area contributed by atoms with E-state index in [-0.39, 0.29) is 5.82 Å². The fourth-order valence-electron chi connectivity index (χ4n) is 2.86. The SMILES string of the molecule is CNC[C@H]1COCc2c(-c3ccc(F)cc3)cccc21. The van der Waals surface area contributed by atoms with Crippen LogP contribution in [0, 0.1) is 5.82 Å². The standard InChI is InChI=1S/C17H18FNO/c1-19-9-13-10-20-11-17-15(3-2-4-16(13)17)12-5-7-14(18)8-6-12/h2-8,13,19H,9-11H2,1H3/t13-/m0/s1. The highest BCUT2D eigenvalue weighted by molar-refractivity contribution is 5.69. The largest absolute Gasteiger partial charge is 0.376 e. The van der Waals surface area contributed by atoms with Crippen LogP contribution >= 0.6 is 0 Å². The van der Waals surface area contributed by atoms with Gasteiger partial charge in [-0.05, 0) is 41.4 Å². The molecular formula is C17H18FNO. The molecule has 0 spiro atoms. The van der Waals surface area contributed by atoms with E-state index in [0.717, 1.165) is 24.3 Å². The lowest BCUT2D eigenvalue weighted by atomic mass is 9.87. The molecule has 1 aliphatic heterocycles. The van der Waals surface area contributed by atoms with Crippen molar-refractivity contribution >= 4 is 0 Å². The predicted octanol–water partition coefficient (Wildman–Crippen LogP) is 3.33. The van der Waals surface area contributed by atoms with Crippen molar-refractivity contribution in [2.75, 3.05) is 20.2 Å². The molecule has 0 aliphatic carbocycles. The summed E-state index contributed by atoms with van der Waals surface area (Å²) in [5, 5.41) is 3.22. The van der Waals surface area contributed by atoms with E-state index in [4.69, 9.17) is 4.74 Å². The first-order valence-electron chi connectivity index (χ1n) is 6.89. The number of likely N-dealkylation sites (N-methyl/N-ethyl adjacent to an activating group) is 1. The van der Waals surface area contributed by atoms with Crippen molar-refractivity contribution in [2.24, 2.45) is 0 Å². The molecule has 0 unspecified atom stereocenters. The van der Waals surface area contributed by atoms with Crippen LogP contribution in [0.3, 0.4) is 0 Å². The van der Waals surface area contributed by atoms with Gasteiger partial charge in [0.05, 0.1) is 13.2 Å². The number of fused-ring (bicyclic) bond motifs is 1. The number of ether oxygens (including phenoxy) is 1. The molecule has 0 amide bonds. The van der Waals surface area contributed by atoms with Gasteiger partial charge in [0.15, 0.2) is 0 Å². The number of halogens is 1. The monoisotopic (exact) mass is 271 g/mol. The zero-order chi connectivity index (χ0) is 13.9. The minimum Gasteiger partial charge on any atom is -0.376 e. The molecule has 1 aliphatic rings. The van der Waals surface area contributed by atoms with Crippen LogP contribution in [0.15, 0.2) is 42.5 Å². The van der Waals surface area contributed by atoms with E-state index in [2.05, 4.69) is 23.5 Å². The van der Waals surface area contributed by atoms with Crippen molar-refractivity contribution in [3.63, 3.8) is 0 Å². The van der Waals surface area contributed by atoms with E-state index < -0.39 is 0 Å². The van der Waals surface area contributed by atoms with Crippen molar-refractivity contribution in [3.8, 4) is 11.1 Å². The van der Waals surface area contributed by atoms with E-state index in [1.54, 1.807) is 0 Å². The third-order valence-electron chi connectivity index (χ3n) is 3.82. The molecule has 1 N–H and O–H groups in total. The molecule has 2 aromatic rings. The van der Waals surface area contributed by atoms with E-state index in [0.29, 0.717) is 12.5 Å². The molecule has 0 radical (unpaired) electrons. The van der Waals surface area contributed by atoms with Crippen LogP contribution in [0.4, 0.5) is 4.39 Å². The smallest absolute Gasteiger partial charge is 0.123 e. The summed E-state index contributed by atoms with van der Waals surface area (Å²) in [6, 6.07) is 13.0. The van der Waals surface area contributed by atoms with Gasteiger partial charge in [0.25, 0.3) is 0 Å². The lowest BCUT2D eigenvalue weighted by molar-refractivity contribution is 0.0915. The number of hydrogen-bond donors (Lipinski definition) is 1. The van der Waals surface area contributed by atoms with Crippen LogP contribution in [0.2, 0.25) is 0 Å². The molecule has 3 rings (SSSR count). The summed E-state index contributed by atoms with van der Waals surface area (Å²) in [4.78, 5) is 0. The maximum absolute atomic E-state index is 13.1. The highest BCUT2D eigenvalue weighted by atomic mass is 19.1.